The van der Waals surface area contributed by atoms with Crippen molar-refractivity contribution >= 4 is 19.3 Å². The highest BCUT2D eigenvalue weighted by Gasteiger charge is 2.39. The maximum atomic E-state index is 13.6. The van der Waals surface area contributed by atoms with E-state index in [1.54, 1.807) is 0 Å². The molecule has 0 amide bonds. The summed E-state index contributed by atoms with van der Waals surface area (Å²) < 4.78 is 59.0. The number of hydrogen-bond donors (Lipinski definition) is 0. The fraction of sp³-hybridized carbons (Fsp3) is 0.235. The van der Waals surface area contributed by atoms with Gasteiger partial charge in [-0.2, -0.15) is 0 Å². The van der Waals surface area contributed by atoms with Gasteiger partial charge in [0.15, 0.2) is 18.2 Å². The lowest BCUT2D eigenvalue weighted by molar-refractivity contribution is -0.385. The van der Waals surface area contributed by atoms with Crippen LogP contribution in [0.4, 0.5) is 14.5 Å². The predicted molar refractivity (Wildman–Crippen MR) is 95.4 cm³/mol. The first-order chi connectivity index (χ1) is 13.7. The zero-order chi connectivity index (χ0) is 21.6. The Morgan fingerprint density at radius 3 is 2.45 bits per heavy atom. The van der Waals surface area contributed by atoms with Gasteiger partial charge in [0.1, 0.15) is 5.82 Å². The van der Waals surface area contributed by atoms with Crippen molar-refractivity contribution in [1.29, 1.82) is 0 Å². The number of benzene rings is 2. The van der Waals surface area contributed by atoms with E-state index in [9.17, 15) is 28.3 Å². The van der Waals surface area contributed by atoms with Crippen molar-refractivity contribution in [2.24, 2.45) is 0 Å². The van der Waals surface area contributed by atoms with E-state index in [1.165, 1.54) is 18.2 Å². The number of nitro groups is 1. The molecule has 0 aliphatic carbocycles. The van der Waals surface area contributed by atoms with Crippen molar-refractivity contribution in [2.75, 3.05) is 20.8 Å². The van der Waals surface area contributed by atoms with Crippen LogP contribution in [-0.2, 0) is 23.1 Å². The molecule has 0 N–H and O–H groups in total. The van der Waals surface area contributed by atoms with Gasteiger partial charge in [0.05, 0.1) is 4.92 Å². The van der Waals surface area contributed by atoms with Gasteiger partial charge in [-0.15, -0.1) is 0 Å². The summed E-state index contributed by atoms with van der Waals surface area (Å²) in [5.41, 5.74) is -0.362. The van der Waals surface area contributed by atoms with Gasteiger partial charge < -0.3 is 18.5 Å². The highest BCUT2D eigenvalue weighted by atomic mass is 31.2. The largest absolute Gasteiger partial charge is 0.479 e. The maximum absolute atomic E-state index is 13.6. The van der Waals surface area contributed by atoms with E-state index in [1.807, 2.05) is 0 Å². The summed E-state index contributed by atoms with van der Waals surface area (Å²) >= 11 is 0. The van der Waals surface area contributed by atoms with E-state index in [-0.39, 0.29) is 11.3 Å². The molecule has 0 fully saturated rings. The predicted octanol–water partition coefficient (Wildman–Crippen LogP) is 3.98. The van der Waals surface area contributed by atoms with Crippen LogP contribution in [0.25, 0.3) is 0 Å². The number of carbonyl (C=O) groups is 1. The molecule has 0 aliphatic rings. The Morgan fingerprint density at radius 1 is 1.17 bits per heavy atom. The molecular formula is C17H16F2NO8P. The summed E-state index contributed by atoms with van der Waals surface area (Å²) in [6, 6.07) is 7.34. The lowest BCUT2D eigenvalue weighted by atomic mass is 10.2. The smallest absolute Gasteiger partial charge is 0.375 e. The second-order valence-corrected chi connectivity index (χ2v) is 7.74. The topological polar surface area (TPSA) is 114 Å². The average Bonchev–Trinajstić information content (AvgIpc) is 2.70. The normalized spacial score (nSPS) is 12.3. The summed E-state index contributed by atoms with van der Waals surface area (Å²) in [5.74, 6) is -5.01. The van der Waals surface area contributed by atoms with Crippen LogP contribution >= 0.6 is 7.60 Å². The van der Waals surface area contributed by atoms with Gasteiger partial charge >= 0.3 is 13.6 Å². The van der Waals surface area contributed by atoms with Crippen molar-refractivity contribution in [1.82, 2.24) is 0 Å². The lowest BCUT2D eigenvalue weighted by Gasteiger charge is -2.24. The van der Waals surface area contributed by atoms with Crippen LogP contribution in [0.5, 0.6) is 5.75 Å². The fourth-order valence-corrected chi connectivity index (χ4v) is 3.57. The van der Waals surface area contributed by atoms with E-state index in [0.717, 1.165) is 32.4 Å². The third-order valence-electron chi connectivity index (χ3n) is 3.64. The van der Waals surface area contributed by atoms with Gasteiger partial charge in [-0.25, -0.2) is 13.6 Å². The third kappa shape index (κ3) is 5.57. The number of carbonyl (C=O) groups excluding carboxylic acids is 1. The zero-order valence-corrected chi connectivity index (χ0v) is 16.1. The monoisotopic (exact) mass is 431 g/mol. The highest BCUT2D eigenvalue weighted by Crippen LogP contribution is 2.60. The van der Waals surface area contributed by atoms with Crippen molar-refractivity contribution in [2.45, 2.75) is 5.85 Å². The standard InChI is InChI=1S/C17H16F2NO8P/c1-25-29(24,26-2)17(11-4-3-5-13(8-11)20(22)23)28-16(21)10-27-15-7-6-12(18)9-14(15)19/h3-9,17H,10H2,1-2H3. The molecule has 0 bridgehead atoms. The quantitative estimate of drug-likeness (QED) is 0.254. The Bertz CT molecular complexity index is 947. The summed E-state index contributed by atoms with van der Waals surface area (Å²) in [7, 11) is -1.98. The minimum atomic E-state index is -4.07. The molecule has 0 radical (unpaired) electrons. The Hall–Kier alpha value is -2.88. The van der Waals surface area contributed by atoms with Crippen molar-refractivity contribution in [3.8, 4) is 5.75 Å². The first kappa shape index (κ1) is 22.4. The number of esters is 1. The minimum absolute atomic E-state index is 0.0208. The van der Waals surface area contributed by atoms with Gasteiger partial charge in [-0.05, 0) is 12.1 Å². The molecule has 0 saturated carbocycles. The van der Waals surface area contributed by atoms with E-state index < -0.39 is 48.3 Å². The van der Waals surface area contributed by atoms with E-state index in [0.29, 0.717) is 6.07 Å². The molecule has 0 aromatic heterocycles. The molecule has 156 valence electrons. The molecule has 1 unspecified atom stereocenters. The first-order valence-corrected chi connectivity index (χ1v) is 9.54. The van der Waals surface area contributed by atoms with Crippen LogP contribution in [0.3, 0.4) is 0 Å². The van der Waals surface area contributed by atoms with Gasteiger partial charge in [0.2, 0.25) is 5.85 Å². The fourth-order valence-electron chi connectivity index (χ4n) is 2.26. The molecule has 12 heteroatoms. The minimum Gasteiger partial charge on any atom is -0.479 e. The van der Waals surface area contributed by atoms with Gasteiger partial charge in [-0.1, -0.05) is 12.1 Å². The average molecular weight is 431 g/mol. The molecule has 0 saturated heterocycles. The molecule has 0 aliphatic heterocycles. The number of nitrogens with zero attached hydrogens (tertiary/aromatic N) is 1. The molecule has 2 rings (SSSR count). The van der Waals surface area contributed by atoms with E-state index >= 15 is 0 Å². The number of rotatable bonds is 9. The number of nitro benzene ring substituents is 1. The molecule has 9 nitrogen and oxygen atoms in total. The molecule has 2 aromatic rings. The van der Waals surface area contributed by atoms with Gasteiger partial charge in [0, 0.05) is 38.0 Å². The number of ether oxygens (including phenoxy) is 2. The number of hydrogen-bond acceptors (Lipinski definition) is 8. The van der Waals surface area contributed by atoms with Crippen LogP contribution in [0.1, 0.15) is 11.4 Å². The molecule has 1 atom stereocenters. The molecule has 0 spiro atoms. The second-order valence-electron chi connectivity index (χ2n) is 5.46. The summed E-state index contributed by atoms with van der Waals surface area (Å²) in [6.07, 6.45) is 0. The Balaban J connectivity index is 2.23. The summed E-state index contributed by atoms with van der Waals surface area (Å²) in [6.45, 7) is -0.818. The first-order valence-electron chi connectivity index (χ1n) is 7.93. The molecular weight excluding hydrogens is 415 g/mol. The lowest BCUT2D eigenvalue weighted by Crippen LogP contribution is -2.19. The van der Waals surface area contributed by atoms with Crippen molar-refractivity contribution in [3.63, 3.8) is 0 Å². The Kier molecular flexibility index (Phi) is 7.38. The van der Waals surface area contributed by atoms with E-state index in [4.69, 9.17) is 18.5 Å². The summed E-state index contributed by atoms with van der Waals surface area (Å²) in [5, 5.41) is 11.0. The SMILES string of the molecule is COP(=O)(OC)C(OC(=O)COc1ccc(F)cc1F)c1cccc([N+](=O)[O-])c1. The molecule has 29 heavy (non-hydrogen) atoms. The van der Waals surface area contributed by atoms with Crippen LogP contribution in [0.15, 0.2) is 42.5 Å². The van der Waals surface area contributed by atoms with Crippen LogP contribution < -0.4 is 4.74 Å². The van der Waals surface area contributed by atoms with Crippen LogP contribution in [0, 0.1) is 21.7 Å². The highest BCUT2D eigenvalue weighted by molar-refractivity contribution is 7.54. The molecule has 2 aromatic carbocycles. The van der Waals surface area contributed by atoms with Crippen LogP contribution in [0.2, 0.25) is 0 Å². The van der Waals surface area contributed by atoms with Crippen molar-refractivity contribution < 1.29 is 41.6 Å². The number of halogens is 2. The Labute approximate surface area is 163 Å². The number of non-ortho nitro benzene ring substituents is 1. The Morgan fingerprint density at radius 2 is 1.86 bits per heavy atom. The van der Waals surface area contributed by atoms with Crippen molar-refractivity contribution in [3.05, 3.63) is 69.8 Å². The second kappa shape index (κ2) is 9.55. The van der Waals surface area contributed by atoms with Crippen LogP contribution in [-0.4, -0.2) is 31.7 Å². The summed E-state index contributed by atoms with van der Waals surface area (Å²) in [4.78, 5) is 22.5. The maximum Gasteiger partial charge on any atom is 0.375 e. The van der Waals surface area contributed by atoms with Gasteiger partial charge in [0.25, 0.3) is 5.69 Å². The van der Waals surface area contributed by atoms with Gasteiger partial charge in [-0.3, -0.25) is 14.7 Å². The molecule has 0 heterocycles. The van der Waals surface area contributed by atoms with E-state index in [2.05, 4.69) is 0 Å². The third-order valence-corrected chi connectivity index (χ3v) is 5.64. The zero-order valence-electron chi connectivity index (χ0n) is 15.2.